The lowest BCUT2D eigenvalue weighted by molar-refractivity contribution is -0.137. The number of rotatable bonds is 70. The molecule has 0 aliphatic rings. The highest BCUT2D eigenvalue weighted by Crippen LogP contribution is 2.21. The normalized spacial score (nSPS) is 11.7. The van der Waals surface area contributed by atoms with Crippen LogP contribution in [0.4, 0.5) is 0 Å². The molecule has 2 N–H and O–H groups in total. The molecular weight excluding hydrogens is 901 g/mol. The highest BCUT2D eigenvalue weighted by molar-refractivity contribution is 5.66. The lowest BCUT2D eigenvalue weighted by atomic mass is 10.0. The third-order valence-electron chi connectivity index (χ3n) is 17.3. The zero-order chi connectivity index (χ0) is 53.1. The van der Waals surface area contributed by atoms with Crippen LogP contribution in [0.5, 0.6) is 0 Å². The van der Waals surface area contributed by atoms with E-state index in [0.29, 0.717) is 13.0 Å². The molecule has 3 heteroatoms. The van der Waals surface area contributed by atoms with Gasteiger partial charge in [-0.1, -0.05) is 424 Å². The highest BCUT2D eigenvalue weighted by Gasteiger charge is 2.02. The molecule has 0 aromatic rings. The van der Waals surface area contributed by atoms with Gasteiger partial charge in [0.2, 0.25) is 0 Å². The van der Waals surface area contributed by atoms with Gasteiger partial charge in [-0.15, -0.1) is 0 Å². The van der Waals surface area contributed by atoms with Crippen LogP contribution in [-0.4, -0.2) is 22.8 Å². The highest BCUT2D eigenvalue weighted by atomic mass is 16.4. The molecule has 0 heterocycles. The second-order valence-electron chi connectivity index (χ2n) is 24.9. The second kappa shape index (κ2) is 70.4. The first-order chi connectivity index (χ1) is 36.8. The topological polar surface area (TPSA) is 57.5 Å². The molecule has 0 rings (SSSR count). The molecule has 3 nitrogen and oxygen atoms in total. The molecular formula is C71H142O3. The maximum absolute atomic E-state index is 10.5. The van der Waals surface area contributed by atoms with Gasteiger partial charge in [0.15, 0.2) is 0 Å². The van der Waals surface area contributed by atoms with Crippen LogP contribution in [0.25, 0.3) is 0 Å². The molecule has 0 aromatic heterocycles. The SMILES string of the molecule is O=C(O)CCCCCCCCCCCCCCCCCCCCCCCCCCCCCCCCCCCCCCCCCCCCCCCCCCCCCCCCCCCCCCCCCCCCCCO. The van der Waals surface area contributed by atoms with Gasteiger partial charge in [0.05, 0.1) is 0 Å². The number of carboxylic acids is 1. The first-order valence-electron chi connectivity index (χ1n) is 35.6. The third-order valence-corrected chi connectivity index (χ3v) is 17.3. The van der Waals surface area contributed by atoms with Crippen molar-refractivity contribution < 1.29 is 15.0 Å². The van der Waals surface area contributed by atoms with E-state index in [9.17, 15) is 4.79 Å². The Kier molecular flexibility index (Phi) is 69.9. The van der Waals surface area contributed by atoms with Crippen LogP contribution in [0.15, 0.2) is 0 Å². The van der Waals surface area contributed by atoms with Gasteiger partial charge in [0, 0.05) is 13.0 Å². The minimum Gasteiger partial charge on any atom is -0.481 e. The van der Waals surface area contributed by atoms with Crippen LogP contribution in [0.2, 0.25) is 0 Å². The molecule has 74 heavy (non-hydrogen) atoms. The summed E-state index contributed by atoms with van der Waals surface area (Å²) in [6.07, 6.45) is 97.9. The number of hydrogen-bond donors (Lipinski definition) is 2. The Hall–Kier alpha value is -0.570. The molecule has 0 saturated heterocycles. The number of unbranched alkanes of at least 4 members (excludes halogenated alkanes) is 67. The Balaban J connectivity index is 3.08. The number of aliphatic hydroxyl groups excluding tert-OH is 1. The van der Waals surface area contributed by atoms with E-state index in [1.165, 1.54) is 417 Å². The largest absolute Gasteiger partial charge is 0.481 e. The summed E-state index contributed by atoms with van der Waals surface area (Å²) in [7, 11) is 0. The van der Waals surface area contributed by atoms with Crippen LogP contribution < -0.4 is 0 Å². The molecule has 0 radical (unpaired) electrons. The molecule has 0 fully saturated rings. The van der Waals surface area contributed by atoms with E-state index < -0.39 is 5.97 Å². The molecule has 0 amide bonds. The molecule has 0 spiro atoms. The molecule has 0 bridgehead atoms. The average molecular weight is 1040 g/mol. The number of carbonyl (C=O) groups is 1. The minimum atomic E-state index is -0.646. The van der Waals surface area contributed by atoms with E-state index in [4.69, 9.17) is 10.2 Å². The predicted octanol–water partition coefficient (Wildman–Crippen LogP) is 26.0. The summed E-state index contributed by atoms with van der Waals surface area (Å²) in [5.74, 6) is -0.646. The number of aliphatic hydroxyl groups is 1. The standard InChI is InChI=1S/C71H142O3/c72-70-68-66-64-62-60-58-56-54-52-50-48-46-44-42-40-38-36-34-32-30-28-26-24-22-20-18-16-14-12-10-8-6-4-2-1-3-5-7-9-11-13-15-17-19-21-23-25-27-29-31-33-35-37-39-41-43-45-47-49-51-53-55-57-59-61-63-65-67-69-71(73)74/h72H,1-70H2,(H,73,74). The van der Waals surface area contributed by atoms with E-state index >= 15 is 0 Å². The minimum absolute atomic E-state index is 0.346. The molecule has 0 saturated carbocycles. The molecule has 0 unspecified atom stereocenters. The molecule has 0 aromatic carbocycles. The van der Waals surface area contributed by atoms with Crippen molar-refractivity contribution in [3.05, 3.63) is 0 Å². The summed E-state index contributed by atoms with van der Waals surface area (Å²) in [6.45, 7) is 0.373. The Labute approximate surface area is 468 Å². The Morgan fingerprint density at radius 1 is 0.149 bits per heavy atom. The fourth-order valence-electron chi connectivity index (χ4n) is 12.1. The Bertz CT molecular complexity index is 964. The summed E-state index contributed by atoms with van der Waals surface area (Å²) in [4.78, 5) is 10.5. The van der Waals surface area contributed by atoms with Crippen LogP contribution in [0, 0.1) is 0 Å². The Morgan fingerprint density at radius 3 is 0.311 bits per heavy atom. The van der Waals surface area contributed by atoms with Crippen molar-refractivity contribution in [3.63, 3.8) is 0 Å². The average Bonchev–Trinajstić information content (AvgIpc) is 3.40. The van der Waals surface area contributed by atoms with Gasteiger partial charge >= 0.3 is 5.97 Å². The van der Waals surface area contributed by atoms with E-state index in [1.54, 1.807) is 0 Å². The van der Waals surface area contributed by atoms with Gasteiger partial charge in [0.25, 0.3) is 0 Å². The molecule has 0 aliphatic heterocycles. The van der Waals surface area contributed by atoms with E-state index in [0.717, 1.165) is 19.3 Å². The quantitative estimate of drug-likeness (QED) is 0.0597. The fraction of sp³-hybridized carbons (Fsp3) is 0.986. The van der Waals surface area contributed by atoms with Crippen LogP contribution in [0.1, 0.15) is 443 Å². The monoisotopic (exact) mass is 1040 g/mol. The zero-order valence-corrected chi connectivity index (χ0v) is 51.3. The summed E-state index contributed by atoms with van der Waals surface area (Å²) in [5.41, 5.74) is 0. The van der Waals surface area contributed by atoms with Gasteiger partial charge in [-0.2, -0.15) is 0 Å². The van der Waals surface area contributed by atoms with Crippen molar-refractivity contribution in [2.45, 2.75) is 443 Å². The molecule has 0 atom stereocenters. The van der Waals surface area contributed by atoms with Crippen molar-refractivity contribution in [1.82, 2.24) is 0 Å². The number of carboxylic acid groups (broad SMARTS) is 1. The first kappa shape index (κ1) is 73.4. The number of hydrogen-bond acceptors (Lipinski definition) is 2. The summed E-state index contributed by atoms with van der Waals surface area (Å²) in [6, 6.07) is 0. The molecule has 0 aliphatic carbocycles. The number of aliphatic carboxylic acids is 1. The van der Waals surface area contributed by atoms with Crippen molar-refractivity contribution in [2.24, 2.45) is 0 Å². The molecule has 444 valence electrons. The van der Waals surface area contributed by atoms with Gasteiger partial charge in [-0.3, -0.25) is 4.79 Å². The predicted molar refractivity (Wildman–Crippen MR) is 333 cm³/mol. The van der Waals surface area contributed by atoms with E-state index in [-0.39, 0.29) is 0 Å². The smallest absolute Gasteiger partial charge is 0.303 e. The third kappa shape index (κ3) is 71.4. The summed E-state index contributed by atoms with van der Waals surface area (Å²) >= 11 is 0. The second-order valence-corrected chi connectivity index (χ2v) is 24.9. The first-order valence-corrected chi connectivity index (χ1v) is 35.6. The van der Waals surface area contributed by atoms with Crippen LogP contribution in [0.3, 0.4) is 0 Å². The summed E-state index contributed by atoms with van der Waals surface area (Å²) in [5, 5.41) is 17.5. The Morgan fingerprint density at radius 2 is 0.230 bits per heavy atom. The van der Waals surface area contributed by atoms with Gasteiger partial charge in [-0.25, -0.2) is 0 Å². The lowest BCUT2D eigenvalue weighted by Gasteiger charge is -2.05. The van der Waals surface area contributed by atoms with Crippen LogP contribution >= 0.6 is 0 Å². The van der Waals surface area contributed by atoms with Crippen molar-refractivity contribution >= 4 is 5.97 Å². The summed E-state index contributed by atoms with van der Waals surface area (Å²) < 4.78 is 0. The lowest BCUT2D eigenvalue weighted by Crippen LogP contribution is -1.93. The zero-order valence-electron chi connectivity index (χ0n) is 51.3. The maximum Gasteiger partial charge on any atom is 0.303 e. The maximum atomic E-state index is 10.5. The fourth-order valence-corrected chi connectivity index (χ4v) is 12.1. The van der Waals surface area contributed by atoms with E-state index in [1.807, 2.05) is 0 Å². The van der Waals surface area contributed by atoms with Crippen LogP contribution in [-0.2, 0) is 4.79 Å². The van der Waals surface area contributed by atoms with Gasteiger partial charge in [0.1, 0.15) is 0 Å². The van der Waals surface area contributed by atoms with E-state index in [2.05, 4.69) is 0 Å². The van der Waals surface area contributed by atoms with Crippen molar-refractivity contribution in [2.75, 3.05) is 6.61 Å². The van der Waals surface area contributed by atoms with Crippen molar-refractivity contribution in [1.29, 1.82) is 0 Å². The van der Waals surface area contributed by atoms with Gasteiger partial charge in [-0.05, 0) is 12.8 Å². The van der Waals surface area contributed by atoms with Crippen molar-refractivity contribution in [3.8, 4) is 0 Å². The van der Waals surface area contributed by atoms with Gasteiger partial charge < -0.3 is 10.2 Å².